The second-order valence-corrected chi connectivity index (χ2v) is 12.2. The molecule has 14 heavy (non-hydrogen) atoms. The number of halogens is 3. The molecule has 0 aromatic heterocycles. The van der Waals surface area contributed by atoms with Gasteiger partial charge in [0.2, 0.25) is 0 Å². The van der Waals surface area contributed by atoms with Crippen molar-refractivity contribution in [2.24, 2.45) is 0 Å². The standard InChI is InChI=1S/C10H13Cl3Si/c1-2-6-10(14(11,12)13)9-7-4-3-5-8-9/h3-5,7-8,10H,2,6H2,1H3. The van der Waals surface area contributed by atoms with Gasteiger partial charge in [0, 0.05) is 5.54 Å². The summed E-state index contributed by atoms with van der Waals surface area (Å²) in [6.07, 6.45) is 1.99. The molecule has 0 radical (unpaired) electrons. The van der Waals surface area contributed by atoms with Crippen molar-refractivity contribution in [1.29, 1.82) is 0 Å². The molecule has 0 saturated heterocycles. The van der Waals surface area contributed by atoms with Gasteiger partial charge in [-0.25, -0.2) is 0 Å². The van der Waals surface area contributed by atoms with Gasteiger partial charge in [0.05, 0.1) is 0 Å². The van der Waals surface area contributed by atoms with E-state index in [1.165, 1.54) is 0 Å². The summed E-state index contributed by atoms with van der Waals surface area (Å²) in [6, 6.07) is 7.40. The lowest BCUT2D eigenvalue weighted by atomic mass is 10.1. The van der Waals surface area contributed by atoms with E-state index in [-0.39, 0.29) is 5.54 Å². The van der Waals surface area contributed by atoms with Crippen LogP contribution in [0.25, 0.3) is 0 Å². The Morgan fingerprint density at radius 1 is 1.14 bits per heavy atom. The first-order valence-corrected chi connectivity index (χ1v) is 9.78. The lowest BCUT2D eigenvalue weighted by Gasteiger charge is -2.21. The molecule has 0 bridgehead atoms. The molecule has 0 aliphatic rings. The SMILES string of the molecule is CCCC(c1ccccc1)[Si](Cl)(Cl)Cl. The topological polar surface area (TPSA) is 0 Å². The Hall–Kier alpha value is 0.307. The predicted molar refractivity (Wildman–Crippen MR) is 67.4 cm³/mol. The number of hydrogen-bond donors (Lipinski definition) is 0. The molecule has 0 fully saturated rings. The molecule has 78 valence electrons. The van der Waals surface area contributed by atoms with Crippen molar-refractivity contribution in [3.8, 4) is 0 Å². The first-order chi connectivity index (χ1) is 6.55. The molecule has 1 unspecified atom stereocenters. The van der Waals surface area contributed by atoms with Crippen molar-refractivity contribution in [2.75, 3.05) is 0 Å². The fraction of sp³-hybridized carbons (Fsp3) is 0.400. The highest BCUT2D eigenvalue weighted by Crippen LogP contribution is 2.39. The molecule has 4 heteroatoms. The number of benzene rings is 1. The minimum absolute atomic E-state index is 0.124. The van der Waals surface area contributed by atoms with Gasteiger partial charge in [-0.05, 0) is 12.0 Å². The maximum Gasteiger partial charge on any atom is 0.348 e. The van der Waals surface area contributed by atoms with Crippen molar-refractivity contribution in [3.63, 3.8) is 0 Å². The monoisotopic (exact) mass is 266 g/mol. The smallest absolute Gasteiger partial charge is 0.125 e. The van der Waals surface area contributed by atoms with Crippen LogP contribution in [0.4, 0.5) is 0 Å². The van der Waals surface area contributed by atoms with Crippen LogP contribution < -0.4 is 0 Å². The Balaban J connectivity index is 2.89. The summed E-state index contributed by atoms with van der Waals surface area (Å²) >= 11 is 18.2. The molecule has 0 N–H and O–H groups in total. The van der Waals surface area contributed by atoms with Gasteiger partial charge < -0.3 is 0 Å². The third-order valence-corrected chi connectivity index (χ3v) is 5.96. The Bertz CT molecular complexity index is 268. The summed E-state index contributed by atoms with van der Waals surface area (Å²) in [5.74, 6) is 0. The zero-order chi connectivity index (χ0) is 10.6. The lowest BCUT2D eigenvalue weighted by molar-refractivity contribution is 0.762. The molecule has 1 atom stereocenters. The first-order valence-electron chi connectivity index (χ1n) is 4.67. The predicted octanol–water partition coefficient (Wildman–Crippen LogP) is 4.76. The summed E-state index contributed by atoms with van der Waals surface area (Å²) in [5, 5.41) is 0. The molecule has 0 heterocycles. The third kappa shape index (κ3) is 3.47. The largest absolute Gasteiger partial charge is 0.348 e. The van der Waals surface area contributed by atoms with Crippen LogP contribution in [0.5, 0.6) is 0 Å². The van der Waals surface area contributed by atoms with Crippen LogP contribution in [0.1, 0.15) is 30.9 Å². The van der Waals surface area contributed by atoms with Crippen molar-refractivity contribution < 1.29 is 0 Å². The van der Waals surface area contributed by atoms with Crippen LogP contribution in [-0.4, -0.2) is 6.00 Å². The Labute approximate surface area is 100 Å². The first kappa shape index (κ1) is 12.4. The fourth-order valence-corrected chi connectivity index (χ4v) is 4.80. The molecular weight excluding hydrogens is 255 g/mol. The van der Waals surface area contributed by atoms with E-state index in [0.717, 1.165) is 18.4 Å². The van der Waals surface area contributed by atoms with Crippen molar-refractivity contribution in [2.45, 2.75) is 25.3 Å². The minimum Gasteiger partial charge on any atom is -0.125 e. The van der Waals surface area contributed by atoms with E-state index in [9.17, 15) is 0 Å². The lowest BCUT2D eigenvalue weighted by Crippen LogP contribution is -2.23. The second kappa shape index (κ2) is 5.41. The third-order valence-electron chi connectivity index (χ3n) is 2.17. The zero-order valence-electron chi connectivity index (χ0n) is 8.01. The van der Waals surface area contributed by atoms with E-state index in [2.05, 4.69) is 6.92 Å². The summed E-state index contributed by atoms with van der Waals surface area (Å²) in [7, 11) is 0. The van der Waals surface area contributed by atoms with Gasteiger partial charge in [-0.1, -0.05) is 43.7 Å². The van der Waals surface area contributed by atoms with Gasteiger partial charge in [-0.3, -0.25) is 0 Å². The highest BCUT2D eigenvalue weighted by Gasteiger charge is 2.36. The number of hydrogen-bond acceptors (Lipinski definition) is 0. The molecule has 1 aromatic carbocycles. The average Bonchev–Trinajstić information content (AvgIpc) is 2.14. The Morgan fingerprint density at radius 3 is 2.14 bits per heavy atom. The maximum atomic E-state index is 6.08. The van der Waals surface area contributed by atoms with Gasteiger partial charge >= 0.3 is 6.00 Å². The van der Waals surface area contributed by atoms with Crippen molar-refractivity contribution >= 4 is 39.2 Å². The molecule has 0 saturated carbocycles. The van der Waals surface area contributed by atoms with Gasteiger partial charge in [-0.15, -0.1) is 33.2 Å². The van der Waals surface area contributed by atoms with Crippen LogP contribution >= 0.6 is 33.2 Å². The number of rotatable bonds is 4. The summed E-state index contributed by atoms with van der Waals surface area (Å²) in [6.45, 7) is 2.11. The van der Waals surface area contributed by atoms with Gasteiger partial charge in [0.15, 0.2) is 0 Å². The van der Waals surface area contributed by atoms with Crippen LogP contribution in [0, 0.1) is 0 Å². The minimum atomic E-state index is -2.63. The normalized spacial score (nSPS) is 14.0. The average molecular weight is 268 g/mol. The van der Waals surface area contributed by atoms with Gasteiger partial charge in [-0.2, -0.15) is 0 Å². The highest BCUT2D eigenvalue weighted by molar-refractivity contribution is 7.65. The Morgan fingerprint density at radius 2 is 1.71 bits per heavy atom. The van der Waals surface area contributed by atoms with E-state index >= 15 is 0 Å². The van der Waals surface area contributed by atoms with Crippen molar-refractivity contribution in [1.82, 2.24) is 0 Å². The van der Waals surface area contributed by atoms with E-state index in [1.54, 1.807) is 0 Å². The van der Waals surface area contributed by atoms with Crippen molar-refractivity contribution in [3.05, 3.63) is 35.9 Å². The van der Waals surface area contributed by atoms with Crippen LogP contribution in [0.3, 0.4) is 0 Å². The van der Waals surface area contributed by atoms with Crippen LogP contribution in [0.15, 0.2) is 30.3 Å². The fourth-order valence-electron chi connectivity index (χ4n) is 1.49. The summed E-state index contributed by atoms with van der Waals surface area (Å²) in [4.78, 5) is 0. The summed E-state index contributed by atoms with van der Waals surface area (Å²) in [5.41, 5.74) is 1.28. The molecule has 0 aliphatic carbocycles. The molecule has 1 aromatic rings. The molecule has 0 amide bonds. The summed E-state index contributed by atoms with van der Waals surface area (Å²) < 4.78 is 0. The van der Waals surface area contributed by atoms with Gasteiger partial charge in [0.1, 0.15) is 0 Å². The molecule has 0 spiro atoms. The molecule has 0 aliphatic heterocycles. The van der Waals surface area contributed by atoms with Gasteiger partial charge in [0.25, 0.3) is 0 Å². The Kier molecular flexibility index (Phi) is 4.78. The second-order valence-electron chi connectivity index (χ2n) is 3.29. The van der Waals surface area contributed by atoms with Crippen LogP contribution in [-0.2, 0) is 0 Å². The van der Waals surface area contributed by atoms with Crippen LogP contribution in [0.2, 0.25) is 0 Å². The van der Waals surface area contributed by atoms with E-state index in [1.807, 2.05) is 30.3 Å². The quantitative estimate of drug-likeness (QED) is 0.545. The maximum absolute atomic E-state index is 6.08. The van der Waals surface area contributed by atoms with E-state index < -0.39 is 6.00 Å². The zero-order valence-corrected chi connectivity index (χ0v) is 11.3. The van der Waals surface area contributed by atoms with E-state index in [0.29, 0.717) is 0 Å². The molecular formula is C10H13Cl3Si. The molecule has 1 rings (SSSR count). The molecule has 0 nitrogen and oxygen atoms in total. The van der Waals surface area contributed by atoms with E-state index in [4.69, 9.17) is 33.2 Å². The highest BCUT2D eigenvalue weighted by atomic mass is 35.8.